The Morgan fingerprint density at radius 1 is 1.53 bits per heavy atom. The van der Waals surface area contributed by atoms with Gasteiger partial charge >= 0.3 is 0 Å². The van der Waals surface area contributed by atoms with Gasteiger partial charge < -0.3 is 5.11 Å². The summed E-state index contributed by atoms with van der Waals surface area (Å²) in [5, 5.41) is 9.90. The van der Waals surface area contributed by atoms with Crippen LogP contribution in [0.2, 0.25) is 5.15 Å². The normalized spacial score (nSPS) is 23.9. The van der Waals surface area contributed by atoms with Gasteiger partial charge in [0.2, 0.25) is 0 Å². The molecule has 4 nitrogen and oxygen atoms in total. The molecule has 2 aromatic rings. The maximum absolute atomic E-state index is 9.39. The van der Waals surface area contributed by atoms with Crippen molar-refractivity contribution in [1.29, 1.82) is 0 Å². The monoisotopic (exact) mass is 251 g/mol. The molecule has 1 N–H and O–H groups in total. The fraction of sp³-hybridized carbons (Fsp3) is 0.500. The maximum Gasteiger partial charge on any atom is 0.154 e. The molecule has 0 aromatic carbocycles. The van der Waals surface area contributed by atoms with Crippen LogP contribution in [0.15, 0.2) is 12.4 Å². The lowest BCUT2D eigenvalue weighted by Gasteiger charge is -2.30. The molecule has 1 fully saturated rings. The molecule has 1 aliphatic carbocycles. The molecule has 90 valence electrons. The van der Waals surface area contributed by atoms with Crippen LogP contribution < -0.4 is 0 Å². The number of rotatable bonds is 2. The van der Waals surface area contributed by atoms with Crippen molar-refractivity contribution in [3.05, 3.63) is 29.1 Å². The molecule has 1 aliphatic rings. The van der Waals surface area contributed by atoms with Crippen molar-refractivity contribution in [1.82, 2.24) is 14.4 Å². The number of hydrogen-bond donors (Lipinski definition) is 1. The minimum absolute atomic E-state index is 0.172. The lowest BCUT2D eigenvalue weighted by molar-refractivity contribution is 0.0714. The Morgan fingerprint density at radius 3 is 2.94 bits per heavy atom. The van der Waals surface area contributed by atoms with E-state index in [2.05, 4.69) is 16.9 Å². The van der Waals surface area contributed by atoms with Gasteiger partial charge in [-0.1, -0.05) is 18.5 Å². The van der Waals surface area contributed by atoms with Crippen molar-refractivity contribution in [2.24, 2.45) is 0 Å². The third-order valence-electron chi connectivity index (χ3n) is 3.42. The van der Waals surface area contributed by atoms with Gasteiger partial charge in [-0.2, -0.15) is 0 Å². The second-order valence-electron chi connectivity index (χ2n) is 4.53. The van der Waals surface area contributed by atoms with Gasteiger partial charge in [0, 0.05) is 18.3 Å². The number of nitrogens with zero attached hydrogens (tertiary/aromatic N) is 3. The first-order chi connectivity index (χ1) is 8.20. The molecule has 0 unspecified atom stereocenters. The van der Waals surface area contributed by atoms with Crippen LogP contribution in [0.5, 0.6) is 0 Å². The molecule has 0 amide bonds. The summed E-state index contributed by atoms with van der Waals surface area (Å²) in [5.41, 5.74) is 1.90. The Morgan fingerprint density at radius 2 is 2.29 bits per heavy atom. The van der Waals surface area contributed by atoms with Gasteiger partial charge in [0.25, 0.3) is 0 Å². The highest BCUT2D eigenvalue weighted by molar-refractivity contribution is 6.32. The van der Waals surface area contributed by atoms with Crippen LogP contribution >= 0.6 is 11.6 Å². The third kappa shape index (κ3) is 1.63. The summed E-state index contributed by atoms with van der Waals surface area (Å²) in [6.07, 6.45) is 5.84. The Balaban J connectivity index is 2.16. The Kier molecular flexibility index (Phi) is 2.56. The standard InChI is InChI=1S/C12H14ClN3O/c1-2-9-10-11(13)14-3-4-16(10)12(15-9)7-5-8(17)6-7/h3-4,7-8,17H,2,5-6H2,1H3. The van der Waals surface area contributed by atoms with Crippen molar-refractivity contribution in [2.45, 2.75) is 38.2 Å². The van der Waals surface area contributed by atoms with Crippen molar-refractivity contribution in [3.8, 4) is 0 Å². The number of imidazole rings is 1. The third-order valence-corrected chi connectivity index (χ3v) is 3.70. The first kappa shape index (κ1) is 11.0. The van der Waals surface area contributed by atoms with Crippen molar-refractivity contribution >= 4 is 17.1 Å². The minimum atomic E-state index is -0.172. The summed E-state index contributed by atoms with van der Waals surface area (Å²) in [6.45, 7) is 2.06. The zero-order chi connectivity index (χ0) is 12.0. The van der Waals surface area contributed by atoms with Gasteiger partial charge in [0.05, 0.1) is 11.8 Å². The molecule has 0 saturated heterocycles. The molecule has 0 aliphatic heterocycles. The quantitative estimate of drug-likeness (QED) is 0.890. The van der Waals surface area contributed by atoms with Crippen LogP contribution in [0.1, 0.15) is 37.2 Å². The second-order valence-corrected chi connectivity index (χ2v) is 4.89. The number of halogens is 1. The van der Waals surface area contributed by atoms with Crippen molar-refractivity contribution in [3.63, 3.8) is 0 Å². The van der Waals surface area contributed by atoms with Crippen LogP contribution in [0.4, 0.5) is 0 Å². The van der Waals surface area contributed by atoms with E-state index in [1.165, 1.54) is 0 Å². The van der Waals surface area contributed by atoms with Gasteiger partial charge in [-0.05, 0) is 19.3 Å². The van der Waals surface area contributed by atoms with E-state index in [0.717, 1.165) is 36.3 Å². The molecule has 1 saturated carbocycles. The molecule has 5 heteroatoms. The van der Waals surface area contributed by atoms with Crippen LogP contribution in [-0.4, -0.2) is 25.6 Å². The summed E-state index contributed by atoms with van der Waals surface area (Å²) in [5.74, 6) is 1.35. The predicted molar refractivity (Wildman–Crippen MR) is 65.4 cm³/mol. The van der Waals surface area contributed by atoms with E-state index in [1.807, 2.05) is 10.6 Å². The first-order valence-corrected chi connectivity index (χ1v) is 6.28. The second kappa shape index (κ2) is 3.96. The van der Waals surface area contributed by atoms with E-state index in [4.69, 9.17) is 11.6 Å². The summed E-state index contributed by atoms with van der Waals surface area (Å²) in [6, 6.07) is 0. The Bertz CT molecular complexity index is 560. The lowest BCUT2D eigenvalue weighted by atomic mass is 9.82. The number of fused-ring (bicyclic) bond motifs is 1. The van der Waals surface area contributed by atoms with Crippen molar-refractivity contribution < 1.29 is 5.11 Å². The van der Waals surface area contributed by atoms with E-state index >= 15 is 0 Å². The van der Waals surface area contributed by atoms with Crippen LogP contribution in [-0.2, 0) is 6.42 Å². The van der Waals surface area contributed by atoms with E-state index in [-0.39, 0.29) is 6.10 Å². The molecule has 2 heterocycles. The molecule has 0 spiro atoms. The summed E-state index contributed by atoms with van der Waals surface area (Å²) >= 11 is 6.13. The lowest BCUT2D eigenvalue weighted by Crippen LogP contribution is -2.27. The topological polar surface area (TPSA) is 50.4 Å². The number of hydrogen-bond acceptors (Lipinski definition) is 3. The molecular formula is C12H14ClN3O. The molecular weight excluding hydrogens is 238 g/mol. The van der Waals surface area contributed by atoms with E-state index < -0.39 is 0 Å². The highest BCUT2D eigenvalue weighted by Crippen LogP contribution is 2.37. The zero-order valence-corrected chi connectivity index (χ0v) is 10.4. The van der Waals surface area contributed by atoms with Crippen LogP contribution in [0, 0.1) is 0 Å². The fourth-order valence-corrected chi connectivity index (χ4v) is 2.68. The average Bonchev–Trinajstić information content (AvgIpc) is 2.65. The van der Waals surface area contributed by atoms with Gasteiger partial charge in [-0.25, -0.2) is 9.97 Å². The van der Waals surface area contributed by atoms with Gasteiger partial charge in [-0.3, -0.25) is 4.40 Å². The van der Waals surface area contributed by atoms with Crippen LogP contribution in [0.3, 0.4) is 0 Å². The highest BCUT2D eigenvalue weighted by Gasteiger charge is 2.32. The SMILES string of the molecule is CCc1nc(C2CC(O)C2)n2ccnc(Cl)c12. The zero-order valence-electron chi connectivity index (χ0n) is 9.60. The number of aliphatic hydroxyl groups excluding tert-OH is 1. The Labute approximate surface area is 104 Å². The minimum Gasteiger partial charge on any atom is -0.393 e. The van der Waals surface area contributed by atoms with Crippen LogP contribution in [0.25, 0.3) is 5.52 Å². The predicted octanol–water partition coefficient (Wildman–Crippen LogP) is 2.18. The highest BCUT2D eigenvalue weighted by atomic mass is 35.5. The molecule has 2 aromatic heterocycles. The molecule has 0 atom stereocenters. The number of aryl methyl sites for hydroxylation is 1. The van der Waals surface area contributed by atoms with E-state index in [9.17, 15) is 5.11 Å². The number of aromatic nitrogens is 3. The summed E-state index contributed by atoms with van der Waals surface area (Å²) in [7, 11) is 0. The fourth-order valence-electron chi connectivity index (χ4n) is 2.43. The molecule has 0 bridgehead atoms. The van der Waals surface area contributed by atoms with Crippen molar-refractivity contribution in [2.75, 3.05) is 0 Å². The van der Waals surface area contributed by atoms with E-state index in [1.54, 1.807) is 6.20 Å². The van der Waals surface area contributed by atoms with Gasteiger partial charge in [0.1, 0.15) is 11.3 Å². The van der Waals surface area contributed by atoms with Gasteiger partial charge in [0.15, 0.2) is 5.15 Å². The average molecular weight is 252 g/mol. The molecule has 17 heavy (non-hydrogen) atoms. The maximum atomic E-state index is 9.39. The Hall–Kier alpha value is -1.13. The molecule has 3 rings (SSSR count). The molecule has 0 radical (unpaired) electrons. The smallest absolute Gasteiger partial charge is 0.154 e. The largest absolute Gasteiger partial charge is 0.393 e. The first-order valence-electron chi connectivity index (χ1n) is 5.90. The van der Waals surface area contributed by atoms with E-state index in [0.29, 0.717) is 11.1 Å². The number of aliphatic hydroxyl groups is 1. The summed E-state index contributed by atoms with van der Waals surface area (Å²) in [4.78, 5) is 8.76. The van der Waals surface area contributed by atoms with Gasteiger partial charge in [-0.15, -0.1) is 0 Å². The summed E-state index contributed by atoms with van der Waals surface area (Å²) < 4.78 is 2.02.